The number of thioether (sulfide) groups is 1. The first kappa shape index (κ1) is 13.3. The third kappa shape index (κ3) is 3.39. The van der Waals surface area contributed by atoms with Crippen molar-refractivity contribution < 1.29 is 14.3 Å². The molecule has 5 heteroatoms. The number of halogens is 2. The van der Waals surface area contributed by atoms with Gasteiger partial charge in [0.05, 0.1) is 0 Å². The lowest BCUT2D eigenvalue weighted by atomic mass is 10.2. The molecule has 1 aromatic carbocycles. The van der Waals surface area contributed by atoms with E-state index in [0.29, 0.717) is 10.6 Å². The molecule has 0 aromatic heterocycles. The predicted octanol–water partition coefficient (Wildman–Crippen LogP) is 3.58. The van der Waals surface area contributed by atoms with Crippen LogP contribution in [0.3, 0.4) is 0 Å². The van der Waals surface area contributed by atoms with Crippen molar-refractivity contribution in [1.29, 1.82) is 0 Å². The topological polar surface area (TPSA) is 37.3 Å². The SMILES string of the molecule is CC(C)(SCc1cc(Cl)ccc1F)C(=O)O. The number of hydrogen-bond donors (Lipinski definition) is 1. The number of carboxylic acid groups (broad SMARTS) is 1. The van der Waals surface area contributed by atoms with Crippen molar-refractivity contribution >= 4 is 29.3 Å². The fourth-order valence-electron chi connectivity index (χ4n) is 0.974. The smallest absolute Gasteiger partial charge is 0.319 e. The first-order chi connectivity index (χ1) is 7.33. The van der Waals surface area contributed by atoms with Crippen LogP contribution in [-0.2, 0) is 10.5 Å². The van der Waals surface area contributed by atoms with Crippen LogP contribution in [0.1, 0.15) is 19.4 Å². The zero-order valence-electron chi connectivity index (χ0n) is 8.96. The summed E-state index contributed by atoms with van der Waals surface area (Å²) in [6, 6.07) is 4.27. The molecule has 1 aromatic rings. The zero-order valence-corrected chi connectivity index (χ0v) is 10.5. The Hall–Kier alpha value is -0.740. The Morgan fingerprint density at radius 1 is 1.56 bits per heavy atom. The van der Waals surface area contributed by atoms with Gasteiger partial charge in [0.15, 0.2) is 0 Å². The van der Waals surface area contributed by atoms with Gasteiger partial charge in [0.1, 0.15) is 10.6 Å². The largest absolute Gasteiger partial charge is 0.480 e. The summed E-state index contributed by atoms with van der Waals surface area (Å²) in [4.78, 5) is 10.9. The van der Waals surface area contributed by atoms with E-state index in [9.17, 15) is 9.18 Å². The summed E-state index contributed by atoms with van der Waals surface area (Å²) in [5.41, 5.74) is 0.423. The van der Waals surface area contributed by atoms with E-state index in [2.05, 4.69) is 0 Å². The molecule has 0 atom stereocenters. The lowest BCUT2D eigenvalue weighted by molar-refractivity contribution is -0.138. The second-order valence-electron chi connectivity index (χ2n) is 3.84. The molecule has 0 heterocycles. The lowest BCUT2D eigenvalue weighted by Crippen LogP contribution is -2.27. The Bertz CT molecular complexity index is 407. The summed E-state index contributed by atoms with van der Waals surface area (Å²) in [5, 5.41) is 9.35. The number of hydrogen-bond acceptors (Lipinski definition) is 2. The van der Waals surface area contributed by atoms with Gasteiger partial charge in [-0.15, -0.1) is 11.8 Å². The molecule has 0 saturated heterocycles. The quantitative estimate of drug-likeness (QED) is 0.901. The zero-order chi connectivity index (χ0) is 12.3. The van der Waals surface area contributed by atoms with E-state index in [1.165, 1.54) is 18.2 Å². The standard InChI is InChI=1S/C11H12ClFO2S/c1-11(2,10(14)15)16-6-7-5-8(12)3-4-9(7)13/h3-5H,6H2,1-2H3,(H,14,15). The molecule has 16 heavy (non-hydrogen) atoms. The van der Waals surface area contributed by atoms with Crippen LogP contribution in [0.25, 0.3) is 0 Å². The van der Waals surface area contributed by atoms with Gasteiger partial charge in [-0.3, -0.25) is 4.79 Å². The van der Waals surface area contributed by atoms with Crippen LogP contribution in [0.5, 0.6) is 0 Å². The van der Waals surface area contributed by atoms with Gasteiger partial charge in [0.25, 0.3) is 0 Å². The fraction of sp³-hybridized carbons (Fsp3) is 0.364. The van der Waals surface area contributed by atoms with Crippen LogP contribution in [0.15, 0.2) is 18.2 Å². The van der Waals surface area contributed by atoms with E-state index in [-0.39, 0.29) is 11.6 Å². The summed E-state index contributed by atoms with van der Waals surface area (Å²) in [7, 11) is 0. The van der Waals surface area contributed by atoms with Crippen LogP contribution in [-0.4, -0.2) is 15.8 Å². The molecule has 0 aliphatic rings. The molecule has 0 saturated carbocycles. The Morgan fingerprint density at radius 2 is 2.19 bits per heavy atom. The van der Waals surface area contributed by atoms with Crippen molar-refractivity contribution in [2.24, 2.45) is 0 Å². The second-order valence-corrected chi connectivity index (χ2v) is 5.87. The van der Waals surface area contributed by atoms with Gasteiger partial charge < -0.3 is 5.11 Å². The average molecular weight is 263 g/mol. The Labute approximate surface area is 103 Å². The molecule has 0 radical (unpaired) electrons. The van der Waals surface area contributed by atoms with E-state index in [1.54, 1.807) is 13.8 Å². The van der Waals surface area contributed by atoms with Crippen LogP contribution in [0.4, 0.5) is 4.39 Å². The number of aliphatic carboxylic acids is 1. The van der Waals surface area contributed by atoms with Crippen molar-refractivity contribution in [3.63, 3.8) is 0 Å². The number of rotatable bonds is 4. The predicted molar refractivity (Wildman–Crippen MR) is 64.4 cm³/mol. The minimum atomic E-state index is -0.936. The molecule has 0 bridgehead atoms. The van der Waals surface area contributed by atoms with Crippen LogP contribution >= 0.6 is 23.4 Å². The van der Waals surface area contributed by atoms with Crippen LogP contribution < -0.4 is 0 Å². The van der Waals surface area contributed by atoms with Crippen LogP contribution in [0, 0.1) is 5.82 Å². The molecular formula is C11H12ClFO2S. The molecule has 1 rings (SSSR count). The number of benzene rings is 1. The van der Waals surface area contributed by atoms with E-state index in [1.807, 2.05) is 0 Å². The highest BCUT2D eigenvalue weighted by molar-refractivity contribution is 8.00. The molecule has 2 nitrogen and oxygen atoms in total. The van der Waals surface area contributed by atoms with Gasteiger partial charge in [-0.2, -0.15) is 0 Å². The first-order valence-corrected chi connectivity index (χ1v) is 6.00. The lowest BCUT2D eigenvalue weighted by Gasteiger charge is -2.18. The van der Waals surface area contributed by atoms with Crippen molar-refractivity contribution in [2.75, 3.05) is 0 Å². The first-order valence-electron chi connectivity index (χ1n) is 4.64. The van der Waals surface area contributed by atoms with E-state index >= 15 is 0 Å². The highest BCUT2D eigenvalue weighted by atomic mass is 35.5. The maximum atomic E-state index is 13.3. The molecule has 88 valence electrons. The molecule has 0 aliphatic heterocycles. The van der Waals surface area contributed by atoms with Crippen molar-refractivity contribution in [3.8, 4) is 0 Å². The van der Waals surface area contributed by atoms with Crippen molar-refractivity contribution in [2.45, 2.75) is 24.3 Å². The minimum absolute atomic E-state index is 0.283. The maximum absolute atomic E-state index is 13.3. The molecule has 0 unspecified atom stereocenters. The molecule has 0 fully saturated rings. The Balaban J connectivity index is 2.75. The summed E-state index contributed by atoms with van der Waals surface area (Å²) in [5.74, 6) is -0.996. The molecule has 1 N–H and O–H groups in total. The van der Waals surface area contributed by atoms with Gasteiger partial charge in [-0.05, 0) is 37.6 Å². The van der Waals surface area contributed by atoms with Gasteiger partial charge in [0.2, 0.25) is 0 Å². The molecular weight excluding hydrogens is 251 g/mol. The second kappa shape index (κ2) is 5.06. The van der Waals surface area contributed by atoms with Gasteiger partial charge in [-0.1, -0.05) is 11.6 Å². The average Bonchev–Trinajstić information content (AvgIpc) is 2.19. The Kier molecular flexibility index (Phi) is 4.21. The molecule has 0 spiro atoms. The molecule has 0 amide bonds. The summed E-state index contributed by atoms with van der Waals surface area (Å²) >= 11 is 6.90. The Morgan fingerprint density at radius 3 is 2.75 bits per heavy atom. The highest BCUT2D eigenvalue weighted by Gasteiger charge is 2.27. The normalized spacial score (nSPS) is 11.5. The third-order valence-corrected chi connectivity index (χ3v) is 3.70. The third-order valence-electron chi connectivity index (χ3n) is 2.11. The van der Waals surface area contributed by atoms with Crippen molar-refractivity contribution in [3.05, 3.63) is 34.6 Å². The fourth-order valence-corrected chi connectivity index (χ4v) is 2.03. The molecule has 0 aliphatic carbocycles. The minimum Gasteiger partial charge on any atom is -0.480 e. The summed E-state index contributed by atoms with van der Waals surface area (Å²) in [6.07, 6.45) is 0. The maximum Gasteiger partial charge on any atom is 0.319 e. The number of carboxylic acids is 1. The van der Waals surface area contributed by atoms with E-state index in [4.69, 9.17) is 16.7 Å². The van der Waals surface area contributed by atoms with E-state index < -0.39 is 10.7 Å². The van der Waals surface area contributed by atoms with Gasteiger partial charge in [0, 0.05) is 10.8 Å². The highest BCUT2D eigenvalue weighted by Crippen LogP contribution is 2.29. The van der Waals surface area contributed by atoms with Crippen molar-refractivity contribution in [1.82, 2.24) is 0 Å². The number of carbonyl (C=O) groups is 1. The van der Waals surface area contributed by atoms with Gasteiger partial charge in [-0.25, -0.2) is 4.39 Å². The van der Waals surface area contributed by atoms with E-state index in [0.717, 1.165) is 11.8 Å². The summed E-state index contributed by atoms with van der Waals surface area (Å²) < 4.78 is 12.4. The van der Waals surface area contributed by atoms with Crippen LogP contribution in [0.2, 0.25) is 5.02 Å². The summed E-state index contributed by atoms with van der Waals surface area (Å²) in [6.45, 7) is 3.17. The monoisotopic (exact) mass is 262 g/mol. The van der Waals surface area contributed by atoms with Gasteiger partial charge >= 0.3 is 5.97 Å².